The van der Waals surface area contributed by atoms with Gasteiger partial charge in [0, 0.05) is 5.69 Å². The lowest BCUT2D eigenvalue weighted by molar-refractivity contribution is 0.103. The first-order chi connectivity index (χ1) is 8.65. The van der Waals surface area contributed by atoms with Crippen molar-refractivity contribution in [3.8, 4) is 5.75 Å². The van der Waals surface area contributed by atoms with E-state index in [1.165, 1.54) is 11.3 Å². The smallest absolute Gasteiger partial charge is 0.267 e. The van der Waals surface area contributed by atoms with Gasteiger partial charge in [0.05, 0.1) is 17.8 Å². The predicted octanol–water partition coefficient (Wildman–Crippen LogP) is 3.18. The summed E-state index contributed by atoms with van der Waals surface area (Å²) in [6.07, 6.45) is 1.69. The van der Waals surface area contributed by atoms with E-state index in [2.05, 4.69) is 10.3 Å². The summed E-state index contributed by atoms with van der Waals surface area (Å²) in [5.41, 5.74) is 2.37. The molecule has 0 unspecified atom stereocenters. The molecule has 1 N–H and O–H groups in total. The summed E-state index contributed by atoms with van der Waals surface area (Å²) in [5.74, 6) is 0.649. The number of rotatable bonds is 4. The highest BCUT2D eigenvalue weighted by Gasteiger charge is 2.07. The highest BCUT2D eigenvalue weighted by atomic mass is 32.1. The summed E-state index contributed by atoms with van der Waals surface area (Å²) in [6.45, 7) is 3.94. The fourth-order valence-electron chi connectivity index (χ4n) is 1.41. The molecular formula is C13H14N2O2S. The molecular weight excluding hydrogens is 248 g/mol. The van der Waals surface area contributed by atoms with Crippen LogP contribution in [0.4, 0.5) is 5.69 Å². The minimum Gasteiger partial charge on any atom is -0.491 e. The van der Waals surface area contributed by atoms with Gasteiger partial charge in [0.2, 0.25) is 0 Å². The number of thiazole rings is 1. The number of ether oxygens (including phenoxy) is 1. The van der Waals surface area contributed by atoms with Gasteiger partial charge in [0.1, 0.15) is 10.6 Å². The standard InChI is InChI=1S/C13H14N2O2S/c1-9(2)17-11-5-3-10(4-6-11)15-13(16)12-7-14-8-18-12/h3-9H,1-2H3,(H,15,16). The van der Waals surface area contributed by atoms with Crippen molar-refractivity contribution >= 4 is 22.9 Å². The van der Waals surface area contributed by atoms with Crippen molar-refractivity contribution in [2.75, 3.05) is 5.32 Å². The molecule has 4 nitrogen and oxygen atoms in total. The van der Waals surface area contributed by atoms with Gasteiger partial charge < -0.3 is 10.1 Å². The number of benzene rings is 1. The third-order valence-corrected chi connectivity index (χ3v) is 2.91. The second-order valence-electron chi connectivity index (χ2n) is 4.01. The van der Waals surface area contributed by atoms with E-state index in [1.807, 2.05) is 38.1 Å². The zero-order valence-corrected chi connectivity index (χ0v) is 11.0. The van der Waals surface area contributed by atoms with Crippen molar-refractivity contribution in [3.05, 3.63) is 40.8 Å². The van der Waals surface area contributed by atoms with Crippen LogP contribution in [0.5, 0.6) is 5.75 Å². The van der Waals surface area contributed by atoms with Gasteiger partial charge >= 0.3 is 0 Å². The van der Waals surface area contributed by atoms with Crippen LogP contribution in [-0.2, 0) is 0 Å². The van der Waals surface area contributed by atoms with Crippen LogP contribution in [0.25, 0.3) is 0 Å². The molecule has 94 valence electrons. The number of carbonyl (C=O) groups is 1. The molecule has 0 aliphatic rings. The SMILES string of the molecule is CC(C)Oc1ccc(NC(=O)c2cncs2)cc1. The molecule has 2 rings (SSSR count). The number of hydrogen-bond acceptors (Lipinski definition) is 4. The monoisotopic (exact) mass is 262 g/mol. The lowest BCUT2D eigenvalue weighted by Crippen LogP contribution is -2.10. The summed E-state index contributed by atoms with van der Waals surface area (Å²) in [6, 6.07) is 7.30. The largest absolute Gasteiger partial charge is 0.491 e. The predicted molar refractivity (Wildman–Crippen MR) is 72.3 cm³/mol. The zero-order valence-electron chi connectivity index (χ0n) is 10.2. The van der Waals surface area contributed by atoms with Crippen LogP contribution in [0, 0.1) is 0 Å². The molecule has 2 aromatic rings. The van der Waals surface area contributed by atoms with E-state index in [1.54, 1.807) is 11.7 Å². The Morgan fingerprint density at radius 3 is 2.61 bits per heavy atom. The maximum absolute atomic E-state index is 11.8. The normalized spacial score (nSPS) is 10.4. The Balaban J connectivity index is 2.00. The first kappa shape index (κ1) is 12.6. The molecule has 0 aliphatic carbocycles. The van der Waals surface area contributed by atoms with Gasteiger partial charge in [-0.1, -0.05) is 0 Å². The number of amides is 1. The Kier molecular flexibility index (Phi) is 3.94. The molecule has 0 atom stereocenters. The average molecular weight is 262 g/mol. The van der Waals surface area contributed by atoms with Gasteiger partial charge in [0.25, 0.3) is 5.91 Å². The van der Waals surface area contributed by atoms with E-state index in [9.17, 15) is 4.79 Å². The Morgan fingerprint density at radius 2 is 2.06 bits per heavy atom. The average Bonchev–Trinajstić information content (AvgIpc) is 2.84. The lowest BCUT2D eigenvalue weighted by atomic mass is 10.3. The molecule has 0 saturated heterocycles. The quantitative estimate of drug-likeness (QED) is 0.920. The van der Waals surface area contributed by atoms with E-state index in [0.29, 0.717) is 4.88 Å². The highest BCUT2D eigenvalue weighted by Crippen LogP contribution is 2.18. The lowest BCUT2D eigenvalue weighted by Gasteiger charge is -2.10. The fraction of sp³-hybridized carbons (Fsp3) is 0.231. The molecule has 0 aliphatic heterocycles. The first-order valence-electron chi connectivity index (χ1n) is 5.61. The molecule has 0 radical (unpaired) electrons. The Morgan fingerprint density at radius 1 is 1.33 bits per heavy atom. The van der Waals surface area contributed by atoms with Crippen LogP contribution < -0.4 is 10.1 Å². The Labute approximate surface area is 110 Å². The van der Waals surface area contributed by atoms with Crippen LogP contribution in [0.1, 0.15) is 23.5 Å². The van der Waals surface area contributed by atoms with Crippen molar-refractivity contribution in [1.82, 2.24) is 4.98 Å². The molecule has 18 heavy (non-hydrogen) atoms. The van der Waals surface area contributed by atoms with Crippen molar-refractivity contribution < 1.29 is 9.53 Å². The van der Waals surface area contributed by atoms with Gasteiger partial charge in [-0.2, -0.15) is 0 Å². The molecule has 5 heteroatoms. The molecule has 0 fully saturated rings. The third-order valence-electron chi connectivity index (χ3n) is 2.14. The van der Waals surface area contributed by atoms with E-state index in [4.69, 9.17) is 4.74 Å². The summed E-state index contributed by atoms with van der Waals surface area (Å²) in [7, 11) is 0. The zero-order chi connectivity index (χ0) is 13.0. The molecule has 1 aromatic carbocycles. The minimum absolute atomic E-state index is 0.141. The van der Waals surface area contributed by atoms with Crippen molar-refractivity contribution in [1.29, 1.82) is 0 Å². The summed E-state index contributed by atoms with van der Waals surface area (Å²) in [4.78, 5) is 16.2. The van der Waals surface area contributed by atoms with Crippen LogP contribution in [0.2, 0.25) is 0 Å². The fourth-order valence-corrected chi connectivity index (χ4v) is 1.92. The molecule has 1 amide bonds. The molecule has 0 bridgehead atoms. The van der Waals surface area contributed by atoms with E-state index < -0.39 is 0 Å². The number of carbonyl (C=O) groups excluding carboxylic acids is 1. The topological polar surface area (TPSA) is 51.2 Å². The molecule has 0 saturated carbocycles. The van der Waals surface area contributed by atoms with E-state index in [-0.39, 0.29) is 12.0 Å². The van der Waals surface area contributed by atoms with Crippen molar-refractivity contribution in [2.45, 2.75) is 20.0 Å². The summed E-state index contributed by atoms with van der Waals surface area (Å²) >= 11 is 1.31. The minimum atomic E-state index is -0.143. The van der Waals surface area contributed by atoms with Gasteiger partial charge in [-0.3, -0.25) is 9.78 Å². The second-order valence-corrected chi connectivity index (χ2v) is 4.90. The van der Waals surface area contributed by atoms with Crippen LogP contribution in [0.15, 0.2) is 36.0 Å². The van der Waals surface area contributed by atoms with Gasteiger partial charge in [-0.05, 0) is 38.1 Å². The van der Waals surface area contributed by atoms with Gasteiger partial charge in [-0.25, -0.2) is 0 Å². The molecule has 1 heterocycles. The second kappa shape index (κ2) is 5.64. The number of aromatic nitrogens is 1. The first-order valence-corrected chi connectivity index (χ1v) is 6.49. The van der Waals surface area contributed by atoms with Crippen LogP contribution in [0.3, 0.4) is 0 Å². The Hall–Kier alpha value is -1.88. The number of nitrogens with zero attached hydrogens (tertiary/aromatic N) is 1. The summed E-state index contributed by atoms with van der Waals surface area (Å²) < 4.78 is 5.53. The molecule has 1 aromatic heterocycles. The van der Waals surface area contributed by atoms with Crippen molar-refractivity contribution in [3.63, 3.8) is 0 Å². The third kappa shape index (κ3) is 3.30. The van der Waals surface area contributed by atoms with Crippen molar-refractivity contribution in [2.24, 2.45) is 0 Å². The summed E-state index contributed by atoms with van der Waals surface area (Å²) in [5, 5.41) is 2.80. The number of nitrogens with one attached hydrogen (secondary N) is 1. The van der Waals surface area contributed by atoms with Crippen LogP contribution in [-0.4, -0.2) is 17.0 Å². The Bertz CT molecular complexity index is 506. The number of hydrogen-bond donors (Lipinski definition) is 1. The van der Waals surface area contributed by atoms with E-state index >= 15 is 0 Å². The molecule has 0 spiro atoms. The van der Waals surface area contributed by atoms with Gasteiger partial charge in [0.15, 0.2) is 0 Å². The van der Waals surface area contributed by atoms with Gasteiger partial charge in [-0.15, -0.1) is 11.3 Å². The van der Waals surface area contributed by atoms with Crippen LogP contribution >= 0.6 is 11.3 Å². The number of anilines is 1. The maximum atomic E-state index is 11.8. The highest BCUT2D eigenvalue weighted by molar-refractivity contribution is 7.11. The van der Waals surface area contributed by atoms with E-state index in [0.717, 1.165) is 11.4 Å². The maximum Gasteiger partial charge on any atom is 0.267 e.